The van der Waals surface area contributed by atoms with Gasteiger partial charge in [0.1, 0.15) is 0 Å². The topological polar surface area (TPSA) is 26.0 Å². The Morgan fingerprint density at radius 1 is 0.900 bits per heavy atom. The predicted octanol–water partition coefficient (Wildman–Crippen LogP) is 8.85. The quantitative estimate of drug-likeness (QED) is 0.155. The molecule has 1 unspecified atom stereocenters. The van der Waals surface area contributed by atoms with Crippen molar-refractivity contribution in [2.45, 2.75) is 80.1 Å². The molecule has 1 aliphatic rings. The number of terminal acetylenes is 1. The highest BCUT2D eigenvalue weighted by atomic mass is 32.1. The first-order chi connectivity index (χ1) is 19.0. The average Bonchev–Trinajstić information content (AvgIpc) is 2.89. The standard InChI is InChI=1S/C23H22S.C9H12.C2H7P.C2H6.H3NS/c1-6-18-22(24)13-21(17-11-15(4)10-16(5)12-17)20-9-7-8-19(14(2)3)23(18)20;1-7-4-8(2)6-9(3)5-7;1-2-3;2*1-2/h1,9-13,24H,2,7-8H2,3-5H3;4-6H,1-3H3;2-3H2,1H3;1-2H3;2H,1H2. The van der Waals surface area contributed by atoms with Crippen molar-refractivity contribution in [1.82, 2.24) is 0 Å². The molecule has 1 aliphatic carbocycles. The van der Waals surface area contributed by atoms with Gasteiger partial charge in [0.05, 0.1) is 0 Å². The first kappa shape index (κ1) is 37.8. The zero-order valence-electron chi connectivity index (χ0n) is 26.1. The van der Waals surface area contributed by atoms with Crippen LogP contribution in [0.3, 0.4) is 0 Å². The number of fused-ring (bicyclic) bond motifs is 1. The lowest BCUT2D eigenvalue weighted by atomic mass is 9.88. The minimum atomic E-state index is 0.861. The Balaban J connectivity index is 0.000000789. The van der Waals surface area contributed by atoms with E-state index in [4.69, 9.17) is 19.1 Å². The number of nitrogens with two attached hydrogens (primary N) is 1. The van der Waals surface area contributed by atoms with E-state index < -0.39 is 0 Å². The molecular weight excluding hydrogens is 542 g/mol. The molecule has 40 heavy (non-hydrogen) atoms. The lowest BCUT2D eigenvalue weighted by Gasteiger charge is -2.17. The molecule has 0 aliphatic heterocycles. The highest BCUT2D eigenvalue weighted by molar-refractivity contribution is 7.80. The van der Waals surface area contributed by atoms with Gasteiger partial charge in [-0.3, -0.25) is 5.14 Å². The molecule has 4 heteroatoms. The van der Waals surface area contributed by atoms with Crippen LogP contribution in [0.5, 0.6) is 0 Å². The molecule has 0 saturated heterocycles. The smallest absolute Gasteiger partial charge is 0.0457 e. The molecule has 1 atom stereocenters. The molecule has 0 fully saturated rings. The van der Waals surface area contributed by atoms with E-state index in [9.17, 15) is 0 Å². The van der Waals surface area contributed by atoms with Crippen LogP contribution in [0, 0.1) is 47.0 Å². The first-order valence-electron chi connectivity index (χ1n) is 13.8. The van der Waals surface area contributed by atoms with Gasteiger partial charge in [-0.25, -0.2) is 0 Å². The highest BCUT2D eigenvalue weighted by Crippen LogP contribution is 2.25. The van der Waals surface area contributed by atoms with Crippen LogP contribution < -0.4 is 15.6 Å². The second-order valence-electron chi connectivity index (χ2n) is 9.70. The van der Waals surface area contributed by atoms with Crippen molar-refractivity contribution in [2.24, 2.45) is 5.14 Å². The van der Waals surface area contributed by atoms with Crippen LogP contribution in [0.2, 0.25) is 0 Å². The van der Waals surface area contributed by atoms with E-state index in [0.717, 1.165) is 34.1 Å². The summed E-state index contributed by atoms with van der Waals surface area (Å²) in [5.74, 6) is 2.85. The summed E-state index contributed by atoms with van der Waals surface area (Å²) >= 11 is 7.72. The molecule has 0 aromatic heterocycles. The maximum atomic E-state index is 5.82. The molecule has 0 radical (unpaired) electrons. The number of rotatable bonds is 2. The van der Waals surface area contributed by atoms with E-state index in [-0.39, 0.29) is 0 Å². The van der Waals surface area contributed by atoms with Crippen LogP contribution in [-0.4, -0.2) is 6.16 Å². The Kier molecular flexibility index (Phi) is 18.7. The molecule has 0 heterocycles. The van der Waals surface area contributed by atoms with Gasteiger partial charge in [0.15, 0.2) is 0 Å². The van der Waals surface area contributed by atoms with Crippen molar-refractivity contribution in [3.8, 4) is 23.5 Å². The Bertz CT molecular complexity index is 1360. The van der Waals surface area contributed by atoms with Gasteiger partial charge in [0.25, 0.3) is 0 Å². The first-order valence-corrected chi connectivity index (χ1v) is 15.6. The average molecular weight is 592 g/mol. The summed E-state index contributed by atoms with van der Waals surface area (Å²) < 4.78 is 0. The third-order valence-electron chi connectivity index (χ3n) is 5.95. The highest BCUT2D eigenvalue weighted by Gasteiger charge is 2.15. The molecule has 0 amide bonds. The summed E-state index contributed by atoms with van der Waals surface area (Å²) in [5, 5.41) is 6.58. The van der Waals surface area contributed by atoms with Crippen molar-refractivity contribution in [1.29, 1.82) is 0 Å². The van der Waals surface area contributed by atoms with E-state index in [1.165, 1.54) is 55.9 Å². The van der Waals surface area contributed by atoms with Crippen LogP contribution in [0.15, 0.2) is 59.5 Å². The van der Waals surface area contributed by atoms with Gasteiger partial charge in [-0.05, 0) is 88.5 Å². The van der Waals surface area contributed by atoms with Gasteiger partial charge in [0.2, 0.25) is 0 Å². The maximum Gasteiger partial charge on any atom is 0.0457 e. The minimum absolute atomic E-state index is 0.861. The van der Waals surface area contributed by atoms with Crippen molar-refractivity contribution in [3.63, 3.8) is 0 Å². The number of thiol groups is 2. The second kappa shape index (κ2) is 19.8. The van der Waals surface area contributed by atoms with Crippen LogP contribution in [-0.2, 0) is 0 Å². The normalized spacial score (nSPS) is 10.8. The SMILES string of the molecule is C#Cc1c(S)cc(-c2cc(C)cc(C)c2)c2c1=C(C(=C)C)CCC=2.CC.CCP.Cc1cc(C)cc(C)c1.NS. The van der Waals surface area contributed by atoms with Crippen molar-refractivity contribution in [2.75, 3.05) is 6.16 Å². The number of hydrogen-bond acceptors (Lipinski definition) is 3. The van der Waals surface area contributed by atoms with Crippen LogP contribution >= 0.6 is 34.7 Å². The third kappa shape index (κ3) is 11.3. The molecular formula is C36H50NPS2. The maximum absolute atomic E-state index is 5.82. The second-order valence-corrected chi connectivity index (χ2v) is 11.0. The fourth-order valence-electron chi connectivity index (χ4n) is 4.84. The molecule has 216 valence electrons. The lowest BCUT2D eigenvalue weighted by molar-refractivity contribution is 1.06. The van der Waals surface area contributed by atoms with Gasteiger partial charge in [0, 0.05) is 15.7 Å². The Hall–Kier alpha value is -2.21. The van der Waals surface area contributed by atoms with E-state index in [0.29, 0.717) is 0 Å². The lowest BCUT2D eigenvalue weighted by Crippen LogP contribution is -2.35. The van der Waals surface area contributed by atoms with Gasteiger partial charge < -0.3 is 0 Å². The van der Waals surface area contributed by atoms with Crippen molar-refractivity contribution >= 4 is 46.3 Å². The zero-order valence-corrected chi connectivity index (χ0v) is 29.0. The summed E-state index contributed by atoms with van der Waals surface area (Å²) in [6, 6.07) is 15.3. The molecule has 3 aromatic carbocycles. The Labute approximate surface area is 258 Å². The van der Waals surface area contributed by atoms with Gasteiger partial charge in [-0.1, -0.05) is 109 Å². The largest absolute Gasteiger partial charge is 0.281 e. The van der Waals surface area contributed by atoms with Crippen molar-refractivity contribution < 1.29 is 0 Å². The van der Waals surface area contributed by atoms with E-state index in [2.05, 4.69) is 137 Å². The third-order valence-corrected chi connectivity index (χ3v) is 6.30. The summed E-state index contributed by atoms with van der Waals surface area (Å²) in [5.41, 5.74) is 12.3. The molecule has 1 nitrogen and oxygen atoms in total. The number of aryl methyl sites for hydroxylation is 5. The summed E-state index contributed by atoms with van der Waals surface area (Å²) in [6.07, 6.45) is 11.3. The number of allylic oxidation sites excluding steroid dienone is 1. The summed E-state index contributed by atoms with van der Waals surface area (Å²) in [6.45, 7) is 23.0. The molecule has 0 saturated carbocycles. The van der Waals surface area contributed by atoms with E-state index >= 15 is 0 Å². The van der Waals surface area contributed by atoms with Crippen LogP contribution in [0.4, 0.5) is 0 Å². The fourth-order valence-corrected chi connectivity index (χ4v) is 5.15. The predicted molar refractivity (Wildman–Crippen MR) is 193 cm³/mol. The van der Waals surface area contributed by atoms with Gasteiger partial charge in [-0.2, -0.15) is 0 Å². The Morgan fingerprint density at radius 3 is 1.68 bits per heavy atom. The molecule has 2 N–H and O–H groups in total. The summed E-state index contributed by atoms with van der Waals surface area (Å²) in [7, 11) is 2.58. The fraction of sp³-hybridized carbons (Fsp3) is 0.333. The molecule has 3 aromatic rings. The molecule has 0 bridgehead atoms. The molecule has 0 spiro atoms. The van der Waals surface area contributed by atoms with E-state index in [1.807, 2.05) is 13.8 Å². The van der Waals surface area contributed by atoms with E-state index in [1.54, 1.807) is 0 Å². The summed E-state index contributed by atoms with van der Waals surface area (Å²) in [4.78, 5) is 0.861. The number of benzene rings is 3. The molecule has 4 rings (SSSR count). The van der Waals surface area contributed by atoms with Crippen LogP contribution in [0.1, 0.15) is 73.9 Å². The zero-order chi connectivity index (χ0) is 31.0. The Morgan fingerprint density at radius 2 is 1.30 bits per heavy atom. The van der Waals surface area contributed by atoms with Crippen LogP contribution in [0.25, 0.3) is 22.8 Å². The number of hydrogen-bond donors (Lipinski definition) is 3. The van der Waals surface area contributed by atoms with Crippen molar-refractivity contribution in [3.05, 3.63) is 98.4 Å². The van der Waals surface area contributed by atoms with Gasteiger partial charge in [-0.15, -0.1) is 41.1 Å². The minimum Gasteiger partial charge on any atom is -0.281 e. The van der Waals surface area contributed by atoms with Gasteiger partial charge >= 0.3 is 0 Å². The monoisotopic (exact) mass is 591 g/mol.